The fourth-order valence-electron chi connectivity index (χ4n) is 6.11. The van der Waals surface area contributed by atoms with Gasteiger partial charge in [0, 0.05) is 31.0 Å². The van der Waals surface area contributed by atoms with Gasteiger partial charge in [0.2, 0.25) is 17.7 Å². The summed E-state index contributed by atoms with van der Waals surface area (Å²) in [5.74, 6) is -5.48. The summed E-state index contributed by atoms with van der Waals surface area (Å²) < 4.78 is 60.0. The fourth-order valence-corrected chi connectivity index (χ4v) is 7.17. The number of hydrogen-bond donors (Lipinski definition) is 4. The minimum atomic E-state index is -3.88. The molecule has 0 spiro atoms. The minimum absolute atomic E-state index is 0.115. The molecule has 4 atom stereocenters. The maximum Gasteiger partial charge on any atom is 0.419 e. The van der Waals surface area contributed by atoms with Gasteiger partial charge in [-0.1, -0.05) is 30.3 Å². The second-order valence-electron chi connectivity index (χ2n) is 16.4. The van der Waals surface area contributed by atoms with Gasteiger partial charge < -0.3 is 25.6 Å². The molecule has 0 unspecified atom stereocenters. The van der Waals surface area contributed by atoms with Crippen molar-refractivity contribution in [2.45, 2.75) is 133 Å². The van der Waals surface area contributed by atoms with Gasteiger partial charge >= 0.3 is 6.09 Å². The highest BCUT2D eigenvalue weighted by Crippen LogP contribution is 2.39. The number of halogens is 2. The molecule has 1 heterocycles. The second-order valence-corrected chi connectivity index (χ2v) is 19.1. The van der Waals surface area contributed by atoms with Crippen LogP contribution in [0.2, 0.25) is 0 Å². The van der Waals surface area contributed by atoms with Crippen molar-refractivity contribution in [3.05, 3.63) is 59.7 Å². The van der Waals surface area contributed by atoms with Crippen LogP contribution in [-0.2, 0) is 30.6 Å². The van der Waals surface area contributed by atoms with Crippen LogP contribution >= 0.6 is 0 Å². The van der Waals surface area contributed by atoms with E-state index in [1.807, 2.05) is 0 Å². The van der Waals surface area contributed by atoms with E-state index < -0.39 is 74.1 Å². The van der Waals surface area contributed by atoms with Gasteiger partial charge in [-0.3, -0.25) is 9.59 Å². The Morgan fingerprint density at radius 2 is 1.64 bits per heavy atom. The van der Waals surface area contributed by atoms with Gasteiger partial charge in [-0.25, -0.2) is 31.5 Å². The van der Waals surface area contributed by atoms with Gasteiger partial charge in [0.1, 0.15) is 24.1 Å². The summed E-state index contributed by atoms with van der Waals surface area (Å²) >= 11 is 0. The van der Waals surface area contributed by atoms with Crippen molar-refractivity contribution in [1.29, 1.82) is 0 Å². The molecule has 2 fully saturated rings. The fraction of sp³-hybridized carbons (Fsp3) is 0.632. The molecule has 2 saturated carbocycles. The number of alkyl halides is 2. The average Bonchev–Trinajstić information content (AvgIpc) is 3.80. The number of nitrogens with zero attached hydrogens (tertiary/aromatic N) is 2. The number of nitrogens with one attached hydrogen (secondary N) is 2. The van der Waals surface area contributed by atoms with Gasteiger partial charge in [0.05, 0.1) is 28.3 Å². The number of imidazole rings is 1. The van der Waals surface area contributed by atoms with Crippen molar-refractivity contribution in [3.8, 4) is 0 Å². The number of amides is 2. The monoisotopic (exact) mass is 764 g/mol. The van der Waals surface area contributed by atoms with Crippen molar-refractivity contribution in [2.24, 2.45) is 11.8 Å². The van der Waals surface area contributed by atoms with Crippen LogP contribution in [0, 0.1) is 11.8 Å². The predicted octanol–water partition coefficient (Wildman–Crippen LogP) is 4.82. The Hall–Kier alpha value is -3.69. The molecule has 0 bridgehead atoms. The second kappa shape index (κ2) is 16.8. The minimum Gasteiger partial charge on any atom is -0.443 e. The third-order valence-electron chi connectivity index (χ3n) is 9.60. The standard InChI is InChI=1S/C38H54F2N4O8S/c1-36(2,3)52-35(49)44-21-28(41-23-44)20-30(43-33(47)27(18-24-10-8-7-9-11-24)22-53(50,51)37(4,5)6)34(48)42-29(32(46)31(45)26-12-13-26)19-25-14-16-38(39,40)17-15-25/h7-11,18,21,23,25-26,29-32,45-46H,12-17,19-20,22H2,1-6H3,(H,42,48)(H,43,47)/t29-,30-,31-,32+/m0/s1. The zero-order valence-corrected chi connectivity index (χ0v) is 32.2. The van der Waals surface area contributed by atoms with Gasteiger partial charge in [0.15, 0.2) is 9.84 Å². The molecule has 0 saturated heterocycles. The molecule has 0 radical (unpaired) electrons. The molecule has 0 aliphatic heterocycles. The summed E-state index contributed by atoms with van der Waals surface area (Å²) in [5, 5.41) is 27.6. The lowest BCUT2D eigenvalue weighted by molar-refractivity contribution is -0.129. The molecular weight excluding hydrogens is 711 g/mol. The first kappa shape index (κ1) is 42.1. The van der Waals surface area contributed by atoms with Crippen LogP contribution in [0.1, 0.15) is 97.7 Å². The lowest BCUT2D eigenvalue weighted by atomic mass is 9.81. The molecule has 53 heavy (non-hydrogen) atoms. The van der Waals surface area contributed by atoms with Crippen LogP contribution in [-0.4, -0.2) is 92.4 Å². The molecule has 4 rings (SSSR count). The van der Waals surface area contributed by atoms with E-state index in [1.54, 1.807) is 51.1 Å². The third kappa shape index (κ3) is 12.4. The average molecular weight is 765 g/mol. The highest BCUT2D eigenvalue weighted by Gasteiger charge is 2.42. The van der Waals surface area contributed by atoms with E-state index in [1.165, 1.54) is 39.4 Å². The number of rotatable bonds is 14. The Kier molecular flexibility index (Phi) is 13.3. The van der Waals surface area contributed by atoms with E-state index in [-0.39, 0.29) is 61.6 Å². The predicted molar refractivity (Wildman–Crippen MR) is 196 cm³/mol. The van der Waals surface area contributed by atoms with E-state index in [0.717, 1.165) is 4.57 Å². The largest absolute Gasteiger partial charge is 0.443 e. The molecule has 1 aromatic carbocycles. The topological polar surface area (TPSA) is 177 Å². The first-order valence-corrected chi connectivity index (χ1v) is 19.8. The lowest BCUT2D eigenvalue weighted by Gasteiger charge is -2.35. The summed E-state index contributed by atoms with van der Waals surface area (Å²) in [6.45, 7) is 9.65. The molecule has 15 heteroatoms. The molecule has 2 aliphatic carbocycles. The summed E-state index contributed by atoms with van der Waals surface area (Å²) in [4.78, 5) is 45.2. The SMILES string of the molecule is CC(C)(C)OC(=O)n1cnc(C[C@H](NC(=O)C(=Cc2ccccc2)CS(=O)(=O)C(C)(C)C)C(=O)N[C@@H](CC2CCC(F)(F)CC2)[C@@H](O)[C@@H](O)C2CC2)c1. The zero-order valence-electron chi connectivity index (χ0n) is 31.3. The van der Waals surface area contributed by atoms with Crippen molar-refractivity contribution >= 4 is 33.8 Å². The Balaban J connectivity index is 1.66. The van der Waals surface area contributed by atoms with Crippen molar-refractivity contribution in [1.82, 2.24) is 20.2 Å². The van der Waals surface area contributed by atoms with Gasteiger partial charge in [-0.2, -0.15) is 0 Å². The Morgan fingerprint density at radius 1 is 1.02 bits per heavy atom. The van der Waals surface area contributed by atoms with E-state index in [2.05, 4.69) is 15.6 Å². The normalized spacial score (nSPS) is 19.5. The van der Waals surface area contributed by atoms with Crippen LogP contribution in [0.3, 0.4) is 0 Å². The van der Waals surface area contributed by atoms with Crippen molar-refractivity contribution < 1.29 is 46.5 Å². The molecule has 1 aromatic heterocycles. The van der Waals surface area contributed by atoms with Crippen molar-refractivity contribution in [3.63, 3.8) is 0 Å². The molecule has 4 N–H and O–H groups in total. The number of benzene rings is 1. The number of aliphatic hydroxyl groups is 2. The van der Waals surface area contributed by atoms with Crippen LogP contribution in [0.5, 0.6) is 0 Å². The third-order valence-corrected chi connectivity index (χ3v) is 12.2. The molecule has 294 valence electrons. The summed E-state index contributed by atoms with van der Waals surface area (Å²) in [6.07, 6.45) is 1.61. The highest BCUT2D eigenvalue weighted by molar-refractivity contribution is 7.92. The molecule has 12 nitrogen and oxygen atoms in total. The highest BCUT2D eigenvalue weighted by atomic mass is 32.2. The first-order valence-electron chi connectivity index (χ1n) is 18.1. The van der Waals surface area contributed by atoms with E-state index in [4.69, 9.17) is 4.74 Å². The van der Waals surface area contributed by atoms with Crippen LogP contribution in [0.15, 0.2) is 48.4 Å². The molecule has 2 aromatic rings. The Morgan fingerprint density at radius 3 is 2.21 bits per heavy atom. The van der Waals surface area contributed by atoms with Crippen LogP contribution in [0.4, 0.5) is 13.6 Å². The molecule has 2 amide bonds. The maximum atomic E-state index is 14.2. The summed E-state index contributed by atoms with van der Waals surface area (Å²) in [7, 11) is -3.88. The van der Waals surface area contributed by atoms with E-state index in [9.17, 15) is 41.8 Å². The van der Waals surface area contributed by atoms with Gasteiger partial charge in [-0.15, -0.1) is 0 Å². The Bertz CT molecular complexity index is 1720. The number of hydrogen-bond acceptors (Lipinski definition) is 9. The lowest BCUT2D eigenvalue weighted by Crippen LogP contribution is -2.56. The number of aliphatic hydroxyl groups excluding tert-OH is 2. The smallest absolute Gasteiger partial charge is 0.419 e. The van der Waals surface area contributed by atoms with E-state index >= 15 is 0 Å². The van der Waals surface area contributed by atoms with E-state index in [0.29, 0.717) is 18.4 Å². The molecule has 2 aliphatic rings. The van der Waals surface area contributed by atoms with Crippen molar-refractivity contribution in [2.75, 3.05) is 5.75 Å². The Labute approximate surface area is 310 Å². The van der Waals surface area contributed by atoms with Gasteiger partial charge in [-0.05, 0) is 97.1 Å². The maximum absolute atomic E-state index is 14.2. The number of ether oxygens (including phenoxy) is 1. The number of carbonyl (C=O) groups is 3. The zero-order chi connectivity index (χ0) is 39.4. The number of carbonyl (C=O) groups excluding carboxylic acids is 3. The molecular formula is C38H54F2N4O8S. The summed E-state index contributed by atoms with van der Waals surface area (Å²) in [6, 6.07) is 6.16. The number of sulfone groups is 1. The van der Waals surface area contributed by atoms with Crippen LogP contribution < -0.4 is 10.6 Å². The van der Waals surface area contributed by atoms with Gasteiger partial charge in [0.25, 0.3) is 0 Å². The number of aromatic nitrogens is 2. The van der Waals surface area contributed by atoms with Crippen LogP contribution in [0.25, 0.3) is 6.08 Å². The summed E-state index contributed by atoms with van der Waals surface area (Å²) in [5.41, 5.74) is -0.180. The first-order chi connectivity index (χ1) is 24.5. The quantitative estimate of drug-likeness (QED) is 0.197.